The van der Waals surface area contributed by atoms with Crippen molar-refractivity contribution in [1.82, 2.24) is 10.2 Å². The van der Waals surface area contributed by atoms with Crippen LogP contribution in [-0.2, 0) is 0 Å². The molecule has 0 spiro atoms. The average molecular weight is 234 g/mol. The number of hydrogen-bond acceptors (Lipinski definition) is 2. The highest BCUT2D eigenvalue weighted by atomic mass is 15.2. The van der Waals surface area contributed by atoms with Gasteiger partial charge in [-0.05, 0) is 71.0 Å². The van der Waals surface area contributed by atoms with E-state index >= 15 is 0 Å². The summed E-state index contributed by atoms with van der Waals surface area (Å²) >= 11 is 0. The third kappa shape index (κ3) is 2.92. The van der Waals surface area contributed by atoms with E-state index in [-0.39, 0.29) is 0 Å². The van der Waals surface area contributed by atoms with Crippen molar-refractivity contribution in [1.29, 1.82) is 0 Å². The number of rotatable bonds is 4. The van der Waals surface area contributed by atoms with E-state index in [1.807, 2.05) is 0 Å². The maximum Gasteiger partial charge on any atom is 0.0111 e. The Hall–Kier alpha value is -0.340. The smallest absolute Gasteiger partial charge is 0.0111 e. The van der Waals surface area contributed by atoms with E-state index in [1.54, 1.807) is 5.57 Å². The molecule has 2 fully saturated rings. The van der Waals surface area contributed by atoms with Crippen molar-refractivity contribution in [2.24, 2.45) is 0 Å². The molecule has 2 unspecified atom stereocenters. The molecule has 2 aliphatic heterocycles. The zero-order valence-electron chi connectivity index (χ0n) is 11.0. The largest absolute Gasteiger partial charge is 0.314 e. The minimum absolute atomic E-state index is 0.802. The summed E-state index contributed by atoms with van der Waals surface area (Å²) < 4.78 is 0. The van der Waals surface area contributed by atoms with Gasteiger partial charge < -0.3 is 10.2 Å². The first-order chi connectivity index (χ1) is 8.42. The highest BCUT2D eigenvalue weighted by molar-refractivity contribution is 5.07. The maximum absolute atomic E-state index is 3.79. The Bertz CT molecular complexity index is 285. The fourth-order valence-electron chi connectivity index (χ4n) is 3.81. The van der Waals surface area contributed by atoms with Crippen molar-refractivity contribution in [2.75, 3.05) is 19.6 Å². The molecule has 3 aliphatic rings. The minimum Gasteiger partial charge on any atom is -0.314 e. The Morgan fingerprint density at radius 3 is 3.12 bits per heavy atom. The molecule has 0 aromatic carbocycles. The number of hydrogen-bond donors (Lipinski definition) is 1. The molecular weight excluding hydrogens is 208 g/mol. The molecular formula is C15H26N2. The molecule has 96 valence electrons. The van der Waals surface area contributed by atoms with Crippen LogP contribution in [0.15, 0.2) is 11.6 Å². The Morgan fingerprint density at radius 2 is 2.24 bits per heavy atom. The number of allylic oxidation sites excluding steroid dienone is 1. The van der Waals surface area contributed by atoms with Crippen molar-refractivity contribution < 1.29 is 0 Å². The maximum atomic E-state index is 3.79. The van der Waals surface area contributed by atoms with Crippen molar-refractivity contribution >= 4 is 0 Å². The number of nitrogens with zero attached hydrogens (tertiary/aromatic N) is 1. The van der Waals surface area contributed by atoms with E-state index in [0.717, 1.165) is 12.1 Å². The fourth-order valence-corrected chi connectivity index (χ4v) is 3.81. The first-order valence-corrected chi connectivity index (χ1v) is 7.57. The van der Waals surface area contributed by atoms with E-state index in [2.05, 4.69) is 16.3 Å². The Labute approximate surface area is 105 Å². The zero-order valence-corrected chi connectivity index (χ0v) is 11.0. The topological polar surface area (TPSA) is 15.3 Å². The van der Waals surface area contributed by atoms with Crippen molar-refractivity contribution in [3.8, 4) is 0 Å². The second-order valence-electron chi connectivity index (χ2n) is 6.01. The standard InChI is InChI=1S/C15H26N2/c1-2-5-13(4-1)7-9-16-14-8-11-17-10-3-6-15(17)12-14/h4,14-16H,1-3,5-12H2. The molecule has 0 amide bonds. The molecule has 17 heavy (non-hydrogen) atoms. The van der Waals surface area contributed by atoms with E-state index < -0.39 is 0 Å². The van der Waals surface area contributed by atoms with E-state index in [4.69, 9.17) is 0 Å². The van der Waals surface area contributed by atoms with Gasteiger partial charge in [0.05, 0.1) is 0 Å². The summed E-state index contributed by atoms with van der Waals surface area (Å²) in [6.07, 6.45) is 13.5. The van der Waals surface area contributed by atoms with Gasteiger partial charge in [-0.1, -0.05) is 11.6 Å². The van der Waals surface area contributed by atoms with Gasteiger partial charge >= 0.3 is 0 Å². The zero-order chi connectivity index (χ0) is 11.5. The van der Waals surface area contributed by atoms with Gasteiger partial charge in [-0.25, -0.2) is 0 Å². The highest BCUT2D eigenvalue weighted by Crippen LogP contribution is 2.27. The molecule has 0 radical (unpaired) electrons. The van der Waals surface area contributed by atoms with Crippen molar-refractivity contribution in [3.63, 3.8) is 0 Å². The molecule has 2 heterocycles. The molecule has 0 bridgehead atoms. The van der Waals surface area contributed by atoms with Gasteiger partial charge in [0.2, 0.25) is 0 Å². The first-order valence-electron chi connectivity index (χ1n) is 7.57. The molecule has 0 aromatic rings. The van der Waals surface area contributed by atoms with Crippen LogP contribution in [0.4, 0.5) is 0 Å². The van der Waals surface area contributed by atoms with Gasteiger partial charge in [0, 0.05) is 12.1 Å². The average Bonchev–Trinajstić information content (AvgIpc) is 2.98. The van der Waals surface area contributed by atoms with E-state index in [0.29, 0.717) is 0 Å². The van der Waals surface area contributed by atoms with Crippen LogP contribution in [0.25, 0.3) is 0 Å². The molecule has 1 N–H and O–H groups in total. The van der Waals surface area contributed by atoms with Crippen molar-refractivity contribution in [3.05, 3.63) is 11.6 Å². The predicted molar refractivity (Wildman–Crippen MR) is 72.2 cm³/mol. The summed E-state index contributed by atoms with van der Waals surface area (Å²) in [6.45, 7) is 3.92. The SMILES string of the molecule is C1=C(CCNC2CCN3CCCC3C2)CCC1. The molecule has 1 aliphatic carbocycles. The lowest BCUT2D eigenvalue weighted by Crippen LogP contribution is -2.45. The monoisotopic (exact) mass is 234 g/mol. The van der Waals surface area contributed by atoms with Gasteiger partial charge in [0.1, 0.15) is 0 Å². The number of nitrogens with one attached hydrogen (secondary N) is 1. The van der Waals surface area contributed by atoms with Crippen LogP contribution in [0.5, 0.6) is 0 Å². The van der Waals surface area contributed by atoms with Gasteiger partial charge in [0.25, 0.3) is 0 Å². The van der Waals surface area contributed by atoms with Crippen LogP contribution in [0.2, 0.25) is 0 Å². The van der Waals surface area contributed by atoms with Crippen LogP contribution < -0.4 is 5.32 Å². The Kier molecular flexibility index (Phi) is 3.82. The molecule has 2 saturated heterocycles. The quantitative estimate of drug-likeness (QED) is 0.752. The normalized spacial score (nSPS) is 33.8. The Morgan fingerprint density at radius 1 is 1.24 bits per heavy atom. The summed E-state index contributed by atoms with van der Waals surface area (Å²) in [7, 11) is 0. The fraction of sp³-hybridized carbons (Fsp3) is 0.867. The van der Waals surface area contributed by atoms with Crippen LogP contribution in [-0.4, -0.2) is 36.6 Å². The second kappa shape index (κ2) is 5.53. The summed E-state index contributed by atoms with van der Waals surface area (Å²) in [5, 5.41) is 3.79. The van der Waals surface area contributed by atoms with Crippen LogP contribution in [0.3, 0.4) is 0 Å². The lowest BCUT2D eigenvalue weighted by atomic mass is 9.97. The number of piperidine rings is 1. The highest BCUT2D eigenvalue weighted by Gasteiger charge is 2.31. The summed E-state index contributed by atoms with van der Waals surface area (Å²) in [5.74, 6) is 0. The molecule has 2 atom stereocenters. The minimum atomic E-state index is 0.802. The summed E-state index contributed by atoms with van der Waals surface area (Å²) in [5.41, 5.74) is 1.70. The number of fused-ring (bicyclic) bond motifs is 1. The molecule has 2 nitrogen and oxygen atoms in total. The van der Waals surface area contributed by atoms with E-state index in [9.17, 15) is 0 Å². The summed E-state index contributed by atoms with van der Waals surface area (Å²) in [6, 6.07) is 1.71. The third-order valence-electron chi connectivity index (χ3n) is 4.83. The predicted octanol–water partition coefficient (Wildman–Crippen LogP) is 2.70. The Balaban J connectivity index is 1.37. The summed E-state index contributed by atoms with van der Waals surface area (Å²) in [4.78, 5) is 2.71. The molecule has 3 rings (SSSR count). The third-order valence-corrected chi connectivity index (χ3v) is 4.83. The molecule has 2 heteroatoms. The second-order valence-corrected chi connectivity index (χ2v) is 6.01. The van der Waals surface area contributed by atoms with E-state index in [1.165, 1.54) is 71.0 Å². The lowest BCUT2D eigenvalue weighted by molar-refractivity contribution is 0.167. The van der Waals surface area contributed by atoms with Gasteiger partial charge in [-0.2, -0.15) is 0 Å². The molecule has 0 aromatic heterocycles. The first kappa shape index (κ1) is 11.7. The lowest BCUT2D eigenvalue weighted by Gasteiger charge is -2.35. The van der Waals surface area contributed by atoms with Crippen LogP contribution in [0.1, 0.15) is 51.4 Å². The van der Waals surface area contributed by atoms with Crippen LogP contribution >= 0.6 is 0 Å². The molecule has 0 saturated carbocycles. The van der Waals surface area contributed by atoms with Gasteiger partial charge in [-0.3, -0.25) is 0 Å². The van der Waals surface area contributed by atoms with Crippen molar-refractivity contribution in [2.45, 2.75) is 63.5 Å². The van der Waals surface area contributed by atoms with Gasteiger partial charge in [-0.15, -0.1) is 0 Å². The van der Waals surface area contributed by atoms with Gasteiger partial charge in [0.15, 0.2) is 0 Å². The van der Waals surface area contributed by atoms with Crippen LogP contribution in [0, 0.1) is 0 Å².